The lowest BCUT2D eigenvalue weighted by Gasteiger charge is -2.71. The molecule has 0 saturated heterocycles. The van der Waals surface area contributed by atoms with Crippen molar-refractivity contribution in [3.05, 3.63) is 11.6 Å². The molecule has 4 saturated carbocycles. The number of aliphatic carboxylic acids is 1. The van der Waals surface area contributed by atoms with E-state index in [-0.39, 0.29) is 39.1 Å². The normalized spacial score (nSPS) is 53.4. The average molecular weight is 473 g/mol. The summed E-state index contributed by atoms with van der Waals surface area (Å²) in [7, 11) is 0. The van der Waals surface area contributed by atoms with Crippen LogP contribution in [0.1, 0.15) is 106 Å². The highest BCUT2D eigenvalue weighted by Crippen LogP contribution is 2.75. The fourth-order valence-electron chi connectivity index (χ4n) is 10.6. The van der Waals surface area contributed by atoms with Crippen LogP contribution in [0.3, 0.4) is 0 Å². The van der Waals surface area contributed by atoms with Crippen molar-refractivity contribution in [2.24, 2.45) is 50.2 Å². The molecule has 3 N–H and O–H groups in total. The molecule has 4 fully saturated rings. The number of carboxylic acid groups (broad SMARTS) is 1. The molecule has 5 aliphatic rings. The van der Waals surface area contributed by atoms with Gasteiger partial charge in [-0.3, -0.25) is 4.79 Å². The third-order valence-corrected chi connectivity index (χ3v) is 13.3. The summed E-state index contributed by atoms with van der Waals surface area (Å²) in [4.78, 5) is 12.8. The molecule has 0 aromatic carbocycles. The fourth-order valence-corrected chi connectivity index (χ4v) is 10.6. The zero-order chi connectivity index (χ0) is 25.1. The summed E-state index contributed by atoms with van der Waals surface area (Å²) in [5, 5.41) is 33.1. The van der Waals surface area contributed by atoms with Gasteiger partial charge in [0.15, 0.2) is 0 Å². The molecular weight excluding hydrogens is 424 g/mol. The minimum absolute atomic E-state index is 0.0756. The van der Waals surface area contributed by atoms with Gasteiger partial charge in [0.1, 0.15) is 0 Å². The van der Waals surface area contributed by atoms with Gasteiger partial charge in [0.2, 0.25) is 0 Å². The van der Waals surface area contributed by atoms with Gasteiger partial charge in [0.05, 0.1) is 17.6 Å². The van der Waals surface area contributed by atoms with Gasteiger partial charge in [-0.05, 0) is 96.7 Å². The third kappa shape index (κ3) is 2.76. The molecule has 192 valence electrons. The van der Waals surface area contributed by atoms with Crippen molar-refractivity contribution in [3.8, 4) is 0 Å². The quantitative estimate of drug-likeness (QED) is 0.397. The first-order valence-corrected chi connectivity index (χ1v) is 13.9. The molecule has 0 unspecified atom stereocenters. The van der Waals surface area contributed by atoms with Crippen LogP contribution in [0, 0.1) is 50.2 Å². The third-order valence-electron chi connectivity index (χ3n) is 13.3. The Kier molecular flexibility index (Phi) is 5.20. The average Bonchev–Trinajstić information content (AvgIpc) is 2.74. The molecule has 4 heteroatoms. The number of aliphatic hydroxyl groups excluding tert-OH is 2. The lowest BCUT2D eigenvalue weighted by molar-refractivity contribution is -0.212. The van der Waals surface area contributed by atoms with E-state index in [4.69, 9.17) is 0 Å². The molecule has 0 amide bonds. The predicted molar refractivity (Wildman–Crippen MR) is 134 cm³/mol. The van der Waals surface area contributed by atoms with Crippen molar-refractivity contribution in [2.45, 2.75) is 118 Å². The molecule has 5 rings (SSSR count). The molecule has 0 aliphatic heterocycles. The Hall–Kier alpha value is -0.870. The molecule has 0 aromatic heterocycles. The number of fused-ring (bicyclic) bond motifs is 7. The Labute approximate surface area is 206 Å². The van der Waals surface area contributed by atoms with E-state index in [2.05, 4.69) is 54.5 Å². The van der Waals surface area contributed by atoms with Crippen LogP contribution in [-0.4, -0.2) is 33.5 Å². The number of hydrogen-bond acceptors (Lipinski definition) is 3. The van der Waals surface area contributed by atoms with Crippen molar-refractivity contribution < 1.29 is 20.1 Å². The second-order valence-electron chi connectivity index (χ2n) is 15.0. The topological polar surface area (TPSA) is 77.8 Å². The van der Waals surface area contributed by atoms with E-state index in [1.807, 2.05) is 0 Å². The highest BCUT2D eigenvalue weighted by Gasteiger charge is 2.70. The van der Waals surface area contributed by atoms with E-state index < -0.39 is 17.5 Å². The van der Waals surface area contributed by atoms with Gasteiger partial charge in [0, 0.05) is 5.92 Å². The predicted octanol–water partition coefficient (Wildman–Crippen LogP) is 6.20. The van der Waals surface area contributed by atoms with Gasteiger partial charge in [0.25, 0.3) is 0 Å². The van der Waals surface area contributed by atoms with Crippen LogP contribution in [0.4, 0.5) is 0 Å². The molecule has 0 bridgehead atoms. The summed E-state index contributed by atoms with van der Waals surface area (Å²) in [5.41, 5.74) is 0.238. The minimum Gasteiger partial charge on any atom is -0.481 e. The lowest BCUT2D eigenvalue weighted by Crippen LogP contribution is -2.66. The van der Waals surface area contributed by atoms with Crippen molar-refractivity contribution in [1.29, 1.82) is 0 Å². The van der Waals surface area contributed by atoms with Gasteiger partial charge >= 0.3 is 5.97 Å². The number of allylic oxidation sites excluding steroid dienone is 1. The number of aliphatic hydroxyl groups is 2. The summed E-state index contributed by atoms with van der Waals surface area (Å²) in [5.74, 6) is 0.0213. The first-order chi connectivity index (χ1) is 15.6. The van der Waals surface area contributed by atoms with Crippen molar-refractivity contribution in [2.75, 3.05) is 0 Å². The van der Waals surface area contributed by atoms with E-state index in [9.17, 15) is 20.1 Å². The van der Waals surface area contributed by atoms with Crippen molar-refractivity contribution in [3.63, 3.8) is 0 Å². The number of rotatable bonds is 1. The minimum atomic E-state index is -0.832. The number of carboxylic acids is 1. The Morgan fingerprint density at radius 2 is 1.50 bits per heavy atom. The van der Waals surface area contributed by atoms with E-state index in [1.54, 1.807) is 0 Å². The van der Waals surface area contributed by atoms with Crippen LogP contribution in [-0.2, 0) is 4.79 Å². The summed E-state index contributed by atoms with van der Waals surface area (Å²) in [6, 6.07) is 0. The van der Waals surface area contributed by atoms with Crippen LogP contribution >= 0.6 is 0 Å². The van der Waals surface area contributed by atoms with Gasteiger partial charge in [-0.25, -0.2) is 0 Å². The summed E-state index contributed by atoms with van der Waals surface area (Å²) < 4.78 is 0. The Morgan fingerprint density at radius 3 is 2.15 bits per heavy atom. The maximum Gasteiger partial charge on any atom is 0.310 e. The summed E-state index contributed by atoms with van der Waals surface area (Å²) >= 11 is 0. The first-order valence-electron chi connectivity index (χ1n) is 13.9. The molecule has 0 aromatic rings. The maximum absolute atomic E-state index is 12.8. The largest absolute Gasteiger partial charge is 0.481 e. The number of hydrogen-bond donors (Lipinski definition) is 3. The zero-order valence-electron chi connectivity index (χ0n) is 22.6. The van der Waals surface area contributed by atoms with Crippen LogP contribution in [0.25, 0.3) is 0 Å². The smallest absolute Gasteiger partial charge is 0.310 e. The van der Waals surface area contributed by atoms with Crippen LogP contribution in [0.2, 0.25) is 0 Å². The zero-order valence-corrected chi connectivity index (χ0v) is 22.6. The van der Waals surface area contributed by atoms with Crippen molar-refractivity contribution in [1.82, 2.24) is 0 Å². The summed E-state index contributed by atoms with van der Waals surface area (Å²) in [6.07, 6.45) is 9.70. The molecule has 9 atom stereocenters. The Morgan fingerprint density at radius 1 is 0.853 bits per heavy atom. The second kappa shape index (κ2) is 7.12. The molecule has 5 aliphatic carbocycles. The SMILES string of the molecule is CC1(C)CC[C@]2(C(=O)O)CC[C@]3(C)C(=CC[C@@H]4[C@@]5(C)CC[C@@H](O)C(C)(C)[C@@H]5CC[C@]43C)[C@@H]2[C@@H]1O. The van der Waals surface area contributed by atoms with Gasteiger partial charge in [-0.2, -0.15) is 0 Å². The standard InChI is InChI=1S/C30H48O4/c1-25(2)14-16-30(24(33)34)17-15-28(6)18(22(30)23(25)32)8-9-20-27(5)12-11-21(31)26(3,4)19(27)10-13-29(20,28)7/h8,19-23,31-32H,9-17H2,1-7H3,(H,33,34)/t19-,20+,21+,22+,23-,27-,28+,29+,30-/m0/s1. The van der Waals surface area contributed by atoms with Crippen molar-refractivity contribution >= 4 is 5.97 Å². The molecule has 0 radical (unpaired) electrons. The van der Waals surface area contributed by atoms with Gasteiger partial charge in [-0.15, -0.1) is 0 Å². The first kappa shape index (κ1) is 24.8. The Balaban J connectivity index is 1.62. The van der Waals surface area contributed by atoms with Crippen LogP contribution < -0.4 is 0 Å². The van der Waals surface area contributed by atoms with Gasteiger partial charge < -0.3 is 15.3 Å². The maximum atomic E-state index is 12.8. The Bertz CT molecular complexity index is 919. The lowest BCUT2D eigenvalue weighted by atomic mass is 9.33. The van der Waals surface area contributed by atoms with E-state index in [0.717, 1.165) is 44.9 Å². The van der Waals surface area contributed by atoms with Crippen LogP contribution in [0.5, 0.6) is 0 Å². The van der Waals surface area contributed by atoms with Gasteiger partial charge in [-0.1, -0.05) is 60.1 Å². The molecular formula is C30H48O4. The molecule has 0 spiro atoms. The molecule has 4 nitrogen and oxygen atoms in total. The monoisotopic (exact) mass is 472 g/mol. The van der Waals surface area contributed by atoms with E-state index >= 15 is 0 Å². The van der Waals surface area contributed by atoms with Crippen LogP contribution in [0.15, 0.2) is 11.6 Å². The highest BCUT2D eigenvalue weighted by molar-refractivity contribution is 5.77. The molecule has 34 heavy (non-hydrogen) atoms. The second-order valence-corrected chi connectivity index (χ2v) is 15.0. The van der Waals surface area contributed by atoms with E-state index in [0.29, 0.717) is 24.7 Å². The summed E-state index contributed by atoms with van der Waals surface area (Å²) in [6.45, 7) is 16.2. The number of carbonyl (C=O) groups is 1. The fraction of sp³-hybridized carbons (Fsp3) is 0.900. The van der Waals surface area contributed by atoms with E-state index in [1.165, 1.54) is 5.57 Å². The highest BCUT2D eigenvalue weighted by atomic mass is 16.4. The molecule has 0 heterocycles.